The molecule has 9 heteroatoms. The highest BCUT2D eigenvalue weighted by Gasteiger charge is 2.16. The topological polar surface area (TPSA) is 102 Å². The predicted molar refractivity (Wildman–Crippen MR) is 140 cm³/mol. The van der Waals surface area contributed by atoms with Crippen LogP contribution in [0.3, 0.4) is 0 Å². The Labute approximate surface area is 218 Å². The molecule has 0 aliphatic heterocycles. The van der Waals surface area contributed by atoms with Crippen LogP contribution in [0, 0.1) is 5.82 Å². The smallest absolute Gasteiger partial charge is 0.313 e. The second-order valence-corrected chi connectivity index (χ2v) is 8.77. The Balaban J connectivity index is 1.72. The number of esters is 1. The lowest BCUT2D eigenvalue weighted by Crippen LogP contribution is -2.30. The maximum atomic E-state index is 13.3. The van der Waals surface area contributed by atoms with Crippen molar-refractivity contribution in [3.8, 4) is 0 Å². The van der Waals surface area contributed by atoms with Crippen LogP contribution >= 0.6 is 11.8 Å². The molecule has 0 saturated heterocycles. The van der Waals surface area contributed by atoms with Crippen LogP contribution in [0.1, 0.15) is 29.3 Å². The molecule has 0 unspecified atom stereocenters. The van der Waals surface area contributed by atoms with Crippen LogP contribution < -0.4 is 10.6 Å². The van der Waals surface area contributed by atoms with Crippen LogP contribution in [0.2, 0.25) is 0 Å². The fourth-order valence-electron chi connectivity index (χ4n) is 3.12. The third-order valence-corrected chi connectivity index (χ3v) is 5.90. The van der Waals surface area contributed by atoms with E-state index < -0.39 is 23.6 Å². The fraction of sp³-hybridized carbons (Fsp3) is 0.143. The second kappa shape index (κ2) is 13.7. The standard InChI is InChI=1S/C28H25FN2O5S/c1-2-36-26(33)17-23(32)18-37-24-10-6-9-22(16-24)30-28(35)25(15-19-11-13-21(29)14-12-19)31-27(34)20-7-4-3-5-8-20/h3-16H,2,17-18H2,1H3,(H,30,35)(H,31,34)/b25-15-. The van der Waals surface area contributed by atoms with Crippen molar-refractivity contribution < 1.29 is 28.3 Å². The molecule has 0 heterocycles. The average Bonchev–Trinajstić information content (AvgIpc) is 2.89. The number of benzene rings is 3. The lowest BCUT2D eigenvalue weighted by Gasteiger charge is -2.12. The first-order valence-corrected chi connectivity index (χ1v) is 12.4. The number of amides is 2. The van der Waals surface area contributed by atoms with Gasteiger partial charge in [0.15, 0.2) is 5.78 Å². The molecule has 0 spiro atoms. The molecule has 37 heavy (non-hydrogen) atoms. The van der Waals surface area contributed by atoms with Crippen LogP contribution in [-0.2, 0) is 19.1 Å². The van der Waals surface area contributed by atoms with Gasteiger partial charge >= 0.3 is 5.97 Å². The highest BCUT2D eigenvalue weighted by Crippen LogP contribution is 2.22. The minimum Gasteiger partial charge on any atom is -0.466 e. The van der Waals surface area contributed by atoms with Crippen molar-refractivity contribution in [1.82, 2.24) is 5.32 Å². The summed E-state index contributed by atoms with van der Waals surface area (Å²) in [4.78, 5) is 50.0. The van der Waals surface area contributed by atoms with Crippen molar-refractivity contribution in [3.05, 3.63) is 102 Å². The molecule has 2 N–H and O–H groups in total. The van der Waals surface area contributed by atoms with Crippen LogP contribution in [0.5, 0.6) is 0 Å². The van der Waals surface area contributed by atoms with Gasteiger partial charge < -0.3 is 15.4 Å². The molecule has 0 fully saturated rings. The van der Waals surface area contributed by atoms with Gasteiger partial charge in [-0.2, -0.15) is 0 Å². The highest BCUT2D eigenvalue weighted by molar-refractivity contribution is 8.00. The number of ketones is 1. The fourth-order valence-corrected chi connectivity index (χ4v) is 3.93. The lowest BCUT2D eigenvalue weighted by molar-refractivity contribution is -0.145. The summed E-state index contributed by atoms with van der Waals surface area (Å²) in [7, 11) is 0. The molecular formula is C28H25FN2O5S. The number of hydrogen-bond donors (Lipinski definition) is 2. The highest BCUT2D eigenvalue weighted by atomic mass is 32.2. The number of Topliss-reactive ketones (excluding diaryl/α,β-unsaturated/α-hetero) is 1. The van der Waals surface area contributed by atoms with E-state index in [1.165, 1.54) is 42.1 Å². The first-order chi connectivity index (χ1) is 17.8. The maximum absolute atomic E-state index is 13.3. The van der Waals surface area contributed by atoms with Gasteiger partial charge in [-0.1, -0.05) is 36.4 Å². The largest absolute Gasteiger partial charge is 0.466 e. The molecule has 0 aromatic heterocycles. The van der Waals surface area contributed by atoms with Gasteiger partial charge in [0.1, 0.15) is 17.9 Å². The van der Waals surface area contributed by atoms with Crippen LogP contribution in [0.25, 0.3) is 6.08 Å². The summed E-state index contributed by atoms with van der Waals surface area (Å²) in [6, 6.07) is 20.7. The Morgan fingerprint density at radius 2 is 1.68 bits per heavy atom. The van der Waals surface area contributed by atoms with E-state index >= 15 is 0 Å². The molecule has 0 aliphatic carbocycles. The van der Waals surface area contributed by atoms with Crippen molar-refractivity contribution in [3.63, 3.8) is 0 Å². The zero-order valence-corrected chi connectivity index (χ0v) is 20.8. The van der Waals surface area contributed by atoms with E-state index in [9.17, 15) is 23.6 Å². The lowest BCUT2D eigenvalue weighted by atomic mass is 10.1. The number of carbonyl (C=O) groups excluding carboxylic acids is 4. The van der Waals surface area contributed by atoms with Crippen molar-refractivity contribution in [2.45, 2.75) is 18.2 Å². The maximum Gasteiger partial charge on any atom is 0.313 e. The van der Waals surface area contributed by atoms with E-state index in [1.54, 1.807) is 61.5 Å². The first-order valence-electron chi connectivity index (χ1n) is 11.4. The Morgan fingerprint density at radius 3 is 2.38 bits per heavy atom. The number of ether oxygens (including phenoxy) is 1. The predicted octanol–water partition coefficient (Wildman–Crippen LogP) is 4.85. The zero-order valence-electron chi connectivity index (χ0n) is 20.0. The molecule has 0 atom stereocenters. The average molecular weight is 521 g/mol. The van der Waals surface area contributed by atoms with Crippen molar-refractivity contribution in [2.24, 2.45) is 0 Å². The van der Waals surface area contributed by atoms with Crippen molar-refractivity contribution in [1.29, 1.82) is 0 Å². The molecular weight excluding hydrogens is 495 g/mol. The van der Waals surface area contributed by atoms with E-state index in [-0.39, 0.29) is 30.3 Å². The molecule has 7 nitrogen and oxygen atoms in total. The van der Waals surface area contributed by atoms with E-state index in [0.29, 0.717) is 21.7 Å². The van der Waals surface area contributed by atoms with Gasteiger partial charge in [-0.25, -0.2) is 4.39 Å². The normalized spacial score (nSPS) is 10.9. The molecule has 0 saturated carbocycles. The Hall–Kier alpha value is -4.24. The molecule has 0 bridgehead atoms. The summed E-state index contributed by atoms with van der Waals surface area (Å²) >= 11 is 1.22. The summed E-state index contributed by atoms with van der Waals surface area (Å²) < 4.78 is 18.1. The van der Waals surface area contributed by atoms with Crippen LogP contribution in [0.15, 0.2) is 89.5 Å². The summed E-state index contributed by atoms with van der Waals surface area (Å²) in [5, 5.41) is 5.36. The van der Waals surface area contributed by atoms with E-state index in [0.717, 1.165) is 0 Å². The van der Waals surface area contributed by atoms with E-state index in [4.69, 9.17) is 4.74 Å². The summed E-state index contributed by atoms with van der Waals surface area (Å²) in [5.41, 5.74) is 1.28. The minimum atomic E-state index is -0.589. The molecule has 0 aliphatic rings. The SMILES string of the molecule is CCOC(=O)CC(=O)CSc1cccc(NC(=O)/C(=C/c2ccc(F)cc2)NC(=O)c2ccccc2)c1. The third kappa shape index (κ3) is 9.05. The van der Waals surface area contributed by atoms with Crippen LogP contribution in [0.4, 0.5) is 10.1 Å². The summed E-state index contributed by atoms with van der Waals surface area (Å²) in [5.74, 6) is -2.26. The first kappa shape index (κ1) is 27.3. The Bertz CT molecular complexity index is 1290. The van der Waals surface area contributed by atoms with Gasteiger partial charge in [-0.15, -0.1) is 11.8 Å². The number of anilines is 1. The molecule has 2 amide bonds. The van der Waals surface area contributed by atoms with E-state index in [1.807, 2.05) is 0 Å². The van der Waals surface area contributed by atoms with Gasteiger partial charge in [-0.3, -0.25) is 19.2 Å². The van der Waals surface area contributed by atoms with Gasteiger partial charge in [0.05, 0.1) is 12.4 Å². The second-order valence-electron chi connectivity index (χ2n) is 7.72. The summed E-state index contributed by atoms with van der Waals surface area (Å²) in [6.07, 6.45) is 1.15. The van der Waals surface area contributed by atoms with Gasteiger partial charge in [-0.05, 0) is 61.0 Å². The van der Waals surface area contributed by atoms with E-state index in [2.05, 4.69) is 10.6 Å². The van der Waals surface area contributed by atoms with Gasteiger partial charge in [0.2, 0.25) is 0 Å². The van der Waals surface area contributed by atoms with Gasteiger partial charge in [0, 0.05) is 16.1 Å². The molecule has 3 aromatic carbocycles. The van der Waals surface area contributed by atoms with Crippen LogP contribution in [-0.4, -0.2) is 35.9 Å². The minimum absolute atomic E-state index is 0.0388. The van der Waals surface area contributed by atoms with Gasteiger partial charge in [0.25, 0.3) is 11.8 Å². The number of carbonyl (C=O) groups is 4. The molecule has 190 valence electrons. The summed E-state index contributed by atoms with van der Waals surface area (Å²) in [6.45, 7) is 1.88. The number of halogens is 1. The molecule has 3 rings (SSSR count). The molecule has 3 aromatic rings. The van der Waals surface area contributed by atoms with Crippen molar-refractivity contribution >= 4 is 47.1 Å². The number of hydrogen-bond acceptors (Lipinski definition) is 6. The molecule has 0 radical (unpaired) electrons. The zero-order chi connectivity index (χ0) is 26.6. The number of thioether (sulfide) groups is 1. The monoisotopic (exact) mass is 520 g/mol. The quantitative estimate of drug-likeness (QED) is 0.162. The Morgan fingerprint density at radius 1 is 0.946 bits per heavy atom. The number of nitrogens with one attached hydrogen (secondary N) is 2. The Kier molecular flexibility index (Phi) is 10.2. The number of rotatable bonds is 11. The van der Waals surface area contributed by atoms with Crippen molar-refractivity contribution in [2.75, 3.05) is 17.7 Å². The third-order valence-electron chi connectivity index (χ3n) is 4.85.